The Kier molecular flexibility index (Phi) is 5.69. The standard InChI is InChI=1S/C24H25N3O/c28-24(25-23-13-12-21-10-4-5-11-22(21)19-23)27-17-15-26(16-18-27)14-6-9-20-7-2-1-3-8-20/h1-13,19H,14-18H2,(H,25,28). The van der Waals surface area contributed by atoms with Crippen molar-refractivity contribution < 1.29 is 4.79 Å². The first-order valence-electron chi connectivity index (χ1n) is 9.77. The van der Waals surface area contributed by atoms with Gasteiger partial charge in [0, 0.05) is 38.4 Å². The number of benzene rings is 3. The average molecular weight is 371 g/mol. The topological polar surface area (TPSA) is 35.6 Å². The maximum atomic E-state index is 12.6. The summed E-state index contributed by atoms with van der Waals surface area (Å²) >= 11 is 0. The van der Waals surface area contributed by atoms with E-state index in [4.69, 9.17) is 0 Å². The summed E-state index contributed by atoms with van der Waals surface area (Å²) in [6.07, 6.45) is 4.35. The molecule has 1 saturated heterocycles. The van der Waals surface area contributed by atoms with Crippen LogP contribution in [0.3, 0.4) is 0 Å². The van der Waals surface area contributed by atoms with Crippen LogP contribution in [-0.2, 0) is 0 Å². The highest BCUT2D eigenvalue weighted by molar-refractivity contribution is 5.93. The van der Waals surface area contributed by atoms with Crippen LogP contribution in [0.5, 0.6) is 0 Å². The van der Waals surface area contributed by atoms with Gasteiger partial charge < -0.3 is 10.2 Å². The summed E-state index contributed by atoms with van der Waals surface area (Å²) in [5, 5.41) is 5.35. The van der Waals surface area contributed by atoms with Gasteiger partial charge in [-0.05, 0) is 28.5 Å². The zero-order valence-corrected chi connectivity index (χ0v) is 15.9. The number of hydrogen-bond acceptors (Lipinski definition) is 2. The van der Waals surface area contributed by atoms with Crippen LogP contribution < -0.4 is 5.32 Å². The van der Waals surface area contributed by atoms with Crippen LogP contribution in [0.15, 0.2) is 78.9 Å². The Morgan fingerprint density at radius 2 is 1.57 bits per heavy atom. The molecule has 3 aromatic carbocycles. The number of amides is 2. The summed E-state index contributed by atoms with van der Waals surface area (Å²) in [4.78, 5) is 16.9. The van der Waals surface area contributed by atoms with Gasteiger partial charge in [0.1, 0.15) is 0 Å². The first-order chi connectivity index (χ1) is 13.8. The maximum absolute atomic E-state index is 12.6. The predicted molar refractivity (Wildman–Crippen MR) is 116 cm³/mol. The van der Waals surface area contributed by atoms with E-state index in [2.05, 4.69) is 46.6 Å². The van der Waals surface area contributed by atoms with Gasteiger partial charge in [0.15, 0.2) is 0 Å². The zero-order chi connectivity index (χ0) is 19.2. The Morgan fingerprint density at radius 3 is 2.36 bits per heavy atom. The van der Waals surface area contributed by atoms with Crippen molar-refractivity contribution in [2.24, 2.45) is 0 Å². The molecule has 1 aliphatic rings. The first-order valence-corrected chi connectivity index (χ1v) is 9.77. The summed E-state index contributed by atoms with van der Waals surface area (Å²) in [6, 6.07) is 24.5. The Hall–Kier alpha value is -3.11. The lowest BCUT2D eigenvalue weighted by molar-refractivity contribution is 0.156. The molecular formula is C24H25N3O. The van der Waals surface area contributed by atoms with Crippen molar-refractivity contribution in [1.29, 1.82) is 0 Å². The fourth-order valence-electron chi connectivity index (χ4n) is 3.51. The molecule has 28 heavy (non-hydrogen) atoms. The second-order valence-electron chi connectivity index (χ2n) is 7.09. The predicted octanol–water partition coefficient (Wildman–Crippen LogP) is 4.70. The highest BCUT2D eigenvalue weighted by Crippen LogP contribution is 2.19. The van der Waals surface area contributed by atoms with E-state index in [1.807, 2.05) is 53.4 Å². The minimum atomic E-state index is -0.0187. The van der Waals surface area contributed by atoms with Gasteiger partial charge in [-0.15, -0.1) is 0 Å². The average Bonchev–Trinajstić information content (AvgIpc) is 2.75. The molecule has 3 aromatic rings. The smallest absolute Gasteiger partial charge is 0.321 e. The molecule has 4 nitrogen and oxygen atoms in total. The summed E-state index contributed by atoms with van der Waals surface area (Å²) < 4.78 is 0. The summed E-state index contributed by atoms with van der Waals surface area (Å²) in [7, 11) is 0. The Morgan fingerprint density at radius 1 is 0.857 bits per heavy atom. The Labute approximate surface area is 166 Å². The molecule has 1 heterocycles. The number of nitrogens with one attached hydrogen (secondary N) is 1. The van der Waals surface area contributed by atoms with E-state index >= 15 is 0 Å². The van der Waals surface area contributed by atoms with Crippen LogP contribution in [-0.4, -0.2) is 48.6 Å². The fraction of sp³-hybridized carbons (Fsp3) is 0.208. The van der Waals surface area contributed by atoms with Crippen molar-refractivity contribution in [2.45, 2.75) is 0 Å². The molecule has 4 heteroatoms. The lowest BCUT2D eigenvalue weighted by Gasteiger charge is -2.34. The minimum Gasteiger partial charge on any atom is -0.322 e. The lowest BCUT2D eigenvalue weighted by atomic mass is 10.1. The monoisotopic (exact) mass is 371 g/mol. The molecule has 0 aromatic heterocycles. The number of piperazine rings is 1. The van der Waals surface area contributed by atoms with Crippen LogP contribution in [0.2, 0.25) is 0 Å². The van der Waals surface area contributed by atoms with E-state index in [9.17, 15) is 4.79 Å². The van der Waals surface area contributed by atoms with Gasteiger partial charge in [0.2, 0.25) is 0 Å². The van der Waals surface area contributed by atoms with Gasteiger partial charge in [-0.2, -0.15) is 0 Å². The molecule has 2 amide bonds. The molecule has 142 valence electrons. The molecule has 4 rings (SSSR count). The summed E-state index contributed by atoms with van der Waals surface area (Å²) in [5.74, 6) is 0. The number of fused-ring (bicyclic) bond motifs is 1. The van der Waals surface area contributed by atoms with E-state index in [1.165, 1.54) is 10.9 Å². The van der Waals surface area contributed by atoms with Crippen molar-refractivity contribution in [2.75, 3.05) is 38.0 Å². The van der Waals surface area contributed by atoms with Gasteiger partial charge >= 0.3 is 6.03 Å². The number of carbonyl (C=O) groups is 1. The van der Waals surface area contributed by atoms with E-state index in [0.29, 0.717) is 0 Å². The lowest BCUT2D eigenvalue weighted by Crippen LogP contribution is -2.49. The van der Waals surface area contributed by atoms with Gasteiger partial charge in [0.25, 0.3) is 0 Å². The van der Waals surface area contributed by atoms with Crippen molar-refractivity contribution in [1.82, 2.24) is 9.80 Å². The first kappa shape index (κ1) is 18.3. The number of hydrogen-bond donors (Lipinski definition) is 1. The van der Waals surface area contributed by atoms with Gasteiger partial charge in [-0.25, -0.2) is 4.79 Å². The van der Waals surface area contributed by atoms with E-state index in [0.717, 1.165) is 43.8 Å². The largest absolute Gasteiger partial charge is 0.322 e. The van der Waals surface area contributed by atoms with Crippen molar-refractivity contribution in [3.8, 4) is 0 Å². The molecular weight excluding hydrogens is 346 g/mol. The zero-order valence-electron chi connectivity index (χ0n) is 15.9. The second kappa shape index (κ2) is 8.72. The molecule has 0 aliphatic carbocycles. The molecule has 1 fully saturated rings. The van der Waals surface area contributed by atoms with Gasteiger partial charge in [0.05, 0.1) is 0 Å². The molecule has 0 radical (unpaired) electrons. The molecule has 0 unspecified atom stereocenters. The van der Waals surface area contributed by atoms with Crippen LogP contribution in [0.1, 0.15) is 5.56 Å². The van der Waals surface area contributed by atoms with Gasteiger partial charge in [-0.1, -0.05) is 72.8 Å². The molecule has 0 spiro atoms. The third kappa shape index (κ3) is 4.59. The van der Waals surface area contributed by atoms with Gasteiger partial charge in [-0.3, -0.25) is 4.90 Å². The van der Waals surface area contributed by atoms with Crippen LogP contribution in [0.4, 0.5) is 10.5 Å². The normalized spacial score (nSPS) is 15.2. The number of urea groups is 1. The van der Waals surface area contributed by atoms with Crippen molar-refractivity contribution in [3.63, 3.8) is 0 Å². The number of nitrogens with zero attached hydrogens (tertiary/aromatic N) is 2. The highest BCUT2D eigenvalue weighted by Gasteiger charge is 2.20. The Bertz CT molecular complexity index is 960. The number of rotatable bonds is 4. The maximum Gasteiger partial charge on any atom is 0.321 e. The summed E-state index contributed by atoms with van der Waals surface area (Å²) in [6.45, 7) is 4.20. The molecule has 0 saturated carbocycles. The minimum absolute atomic E-state index is 0.0187. The third-order valence-corrected chi connectivity index (χ3v) is 5.13. The van der Waals surface area contributed by atoms with E-state index < -0.39 is 0 Å². The van der Waals surface area contributed by atoms with Crippen LogP contribution in [0.25, 0.3) is 16.8 Å². The number of anilines is 1. The molecule has 0 atom stereocenters. The quantitative estimate of drug-likeness (QED) is 0.721. The van der Waals surface area contributed by atoms with E-state index in [1.54, 1.807) is 0 Å². The SMILES string of the molecule is O=C(Nc1ccc2ccccc2c1)N1CCN(CC=Cc2ccccc2)CC1. The van der Waals surface area contributed by atoms with Crippen molar-refractivity contribution >= 4 is 28.6 Å². The van der Waals surface area contributed by atoms with E-state index in [-0.39, 0.29) is 6.03 Å². The van der Waals surface area contributed by atoms with Crippen LogP contribution >= 0.6 is 0 Å². The molecule has 1 N–H and O–H groups in total. The fourth-order valence-corrected chi connectivity index (χ4v) is 3.51. The third-order valence-electron chi connectivity index (χ3n) is 5.13. The molecule has 0 bridgehead atoms. The highest BCUT2D eigenvalue weighted by atomic mass is 16.2. The van der Waals surface area contributed by atoms with Crippen LogP contribution in [0, 0.1) is 0 Å². The Balaban J connectivity index is 1.27. The number of carbonyl (C=O) groups excluding carboxylic acids is 1. The van der Waals surface area contributed by atoms with Crippen molar-refractivity contribution in [3.05, 3.63) is 84.4 Å². The second-order valence-corrected chi connectivity index (χ2v) is 7.09. The summed E-state index contributed by atoms with van der Waals surface area (Å²) in [5.41, 5.74) is 2.06. The molecule has 1 aliphatic heterocycles.